The summed E-state index contributed by atoms with van der Waals surface area (Å²) < 4.78 is 1.67. The zero-order valence-electron chi connectivity index (χ0n) is 11.8. The Bertz CT molecular complexity index is 578. The molecule has 0 aliphatic rings. The van der Waals surface area contributed by atoms with Crippen molar-refractivity contribution in [1.82, 2.24) is 20.1 Å². The molecule has 2 aromatic rings. The maximum absolute atomic E-state index is 11.8. The van der Waals surface area contributed by atoms with Gasteiger partial charge in [0.2, 0.25) is 5.91 Å². The third kappa shape index (κ3) is 4.17. The molecule has 0 aliphatic heterocycles. The number of benzene rings is 1. The molecule has 0 bridgehead atoms. The molecule has 1 amide bonds. The minimum absolute atomic E-state index is 0.0479. The molecule has 0 aliphatic carbocycles. The summed E-state index contributed by atoms with van der Waals surface area (Å²) in [6.07, 6.45) is 2.37. The van der Waals surface area contributed by atoms with E-state index in [1.807, 2.05) is 38.2 Å². The van der Waals surface area contributed by atoms with Crippen LogP contribution in [-0.4, -0.2) is 33.8 Å². The van der Waals surface area contributed by atoms with Crippen LogP contribution in [0.5, 0.6) is 0 Å². The van der Waals surface area contributed by atoms with Crippen molar-refractivity contribution < 1.29 is 4.79 Å². The molecule has 1 heterocycles. The number of aromatic nitrogens is 3. The Labute approximate surface area is 118 Å². The minimum atomic E-state index is -0.0479. The molecular formula is C14H19N5O. The Morgan fingerprint density at radius 1 is 1.35 bits per heavy atom. The topological polar surface area (TPSA) is 71.8 Å². The third-order valence-electron chi connectivity index (χ3n) is 2.88. The molecular weight excluding hydrogens is 254 g/mol. The predicted octanol–water partition coefficient (Wildman–Crippen LogP) is 0.894. The smallest absolute Gasteiger partial charge is 0.238 e. The Kier molecular flexibility index (Phi) is 4.84. The number of nitrogens with zero attached hydrogens (tertiary/aromatic N) is 3. The molecule has 0 saturated carbocycles. The Hall–Kier alpha value is -2.21. The van der Waals surface area contributed by atoms with Gasteiger partial charge >= 0.3 is 0 Å². The van der Waals surface area contributed by atoms with Crippen molar-refractivity contribution in [3.8, 4) is 0 Å². The minimum Gasteiger partial charge on any atom is -0.325 e. The van der Waals surface area contributed by atoms with Gasteiger partial charge in [0.1, 0.15) is 6.33 Å². The van der Waals surface area contributed by atoms with Gasteiger partial charge in [0.05, 0.1) is 6.54 Å². The Balaban J connectivity index is 1.69. The van der Waals surface area contributed by atoms with Crippen LogP contribution in [0.4, 0.5) is 5.69 Å². The van der Waals surface area contributed by atoms with E-state index in [9.17, 15) is 4.79 Å². The van der Waals surface area contributed by atoms with Crippen molar-refractivity contribution in [2.24, 2.45) is 7.05 Å². The number of hydrogen-bond donors (Lipinski definition) is 2. The Morgan fingerprint density at radius 2 is 2.15 bits per heavy atom. The van der Waals surface area contributed by atoms with E-state index in [4.69, 9.17) is 0 Å². The predicted molar refractivity (Wildman–Crippen MR) is 77.4 cm³/mol. The van der Waals surface area contributed by atoms with Gasteiger partial charge in [0, 0.05) is 25.7 Å². The van der Waals surface area contributed by atoms with Gasteiger partial charge < -0.3 is 10.6 Å². The molecule has 0 spiro atoms. The molecule has 1 aromatic heterocycles. The monoisotopic (exact) mass is 273 g/mol. The fourth-order valence-corrected chi connectivity index (χ4v) is 1.81. The maximum atomic E-state index is 11.8. The van der Waals surface area contributed by atoms with Gasteiger partial charge in [-0.1, -0.05) is 18.2 Å². The van der Waals surface area contributed by atoms with Crippen LogP contribution in [0.25, 0.3) is 0 Å². The van der Waals surface area contributed by atoms with E-state index in [0.29, 0.717) is 13.0 Å². The molecule has 6 heteroatoms. The van der Waals surface area contributed by atoms with Crippen molar-refractivity contribution in [2.75, 3.05) is 18.4 Å². The average Bonchev–Trinajstić information content (AvgIpc) is 2.83. The summed E-state index contributed by atoms with van der Waals surface area (Å²) in [5.41, 5.74) is 1.91. The first kappa shape index (κ1) is 14.2. The second kappa shape index (κ2) is 6.81. The highest BCUT2D eigenvalue weighted by Gasteiger charge is 2.04. The van der Waals surface area contributed by atoms with Crippen LogP contribution in [0, 0.1) is 6.92 Å². The highest BCUT2D eigenvalue weighted by atomic mass is 16.1. The number of amides is 1. The first-order chi connectivity index (χ1) is 9.65. The van der Waals surface area contributed by atoms with Crippen molar-refractivity contribution in [2.45, 2.75) is 13.3 Å². The zero-order chi connectivity index (χ0) is 14.4. The van der Waals surface area contributed by atoms with Gasteiger partial charge in [0.15, 0.2) is 5.82 Å². The number of nitrogens with one attached hydrogen (secondary N) is 2. The number of aryl methyl sites for hydroxylation is 2. The van der Waals surface area contributed by atoms with E-state index < -0.39 is 0 Å². The molecule has 0 unspecified atom stereocenters. The average molecular weight is 273 g/mol. The molecule has 2 rings (SSSR count). The summed E-state index contributed by atoms with van der Waals surface area (Å²) in [4.78, 5) is 15.9. The van der Waals surface area contributed by atoms with E-state index >= 15 is 0 Å². The van der Waals surface area contributed by atoms with E-state index in [1.165, 1.54) is 0 Å². The number of carbonyl (C=O) groups excluding carboxylic acids is 1. The highest BCUT2D eigenvalue weighted by Crippen LogP contribution is 2.12. The molecule has 106 valence electrons. The molecule has 0 atom stereocenters. The van der Waals surface area contributed by atoms with Crippen LogP contribution in [0.3, 0.4) is 0 Å². The number of hydrogen-bond acceptors (Lipinski definition) is 4. The van der Waals surface area contributed by atoms with Gasteiger partial charge in [0.25, 0.3) is 0 Å². The quantitative estimate of drug-likeness (QED) is 0.767. The number of para-hydroxylation sites is 1. The third-order valence-corrected chi connectivity index (χ3v) is 2.88. The summed E-state index contributed by atoms with van der Waals surface area (Å²) >= 11 is 0. The summed E-state index contributed by atoms with van der Waals surface area (Å²) in [6.45, 7) is 2.92. The van der Waals surface area contributed by atoms with E-state index in [0.717, 1.165) is 17.1 Å². The van der Waals surface area contributed by atoms with Gasteiger partial charge in [-0.25, -0.2) is 4.98 Å². The lowest BCUT2D eigenvalue weighted by molar-refractivity contribution is -0.115. The molecule has 2 N–H and O–H groups in total. The second-order valence-corrected chi connectivity index (χ2v) is 4.62. The lowest BCUT2D eigenvalue weighted by atomic mass is 10.2. The number of carbonyl (C=O) groups is 1. The SMILES string of the molecule is Cc1ccccc1NC(=O)CNCCc1ncn(C)n1. The van der Waals surface area contributed by atoms with Gasteiger partial charge in [-0.15, -0.1) is 0 Å². The molecule has 1 aromatic carbocycles. The van der Waals surface area contributed by atoms with Crippen molar-refractivity contribution in [3.05, 3.63) is 42.0 Å². The lowest BCUT2D eigenvalue weighted by Gasteiger charge is -2.08. The normalized spacial score (nSPS) is 10.5. The molecule has 0 radical (unpaired) electrons. The van der Waals surface area contributed by atoms with Crippen LogP contribution in [0.1, 0.15) is 11.4 Å². The van der Waals surface area contributed by atoms with Gasteiger partial charge in [-0.2, -0.15) is 5.10 Å². The lowest BCUT2D eigenvalue weighted by Crippen LogP contribution is -2.29. The van der Waals surface area contributed by atoms with Crippen LogP contribution in [-0.2, 0) is 18.3 Å². The van der Waals surface area contributed by atoms with Crippen LogP contribution >= 0.6 is 0 Å². The van der Waals surface area contributed by atoms with E-state index in [-0.39, 0.29) is 12.5 Å². The van der Waals surface area contributed by atoms with E-state index in [1.54, 1.807) is 11.0 Å². The van der Waals surface area contributed by atoms with Crippen molar-refractivity contribution >= 4 is 11.6 Å². The number of anilines is 1. The van der Waals surface area contributed by atoms with Gasteiger partial charge in [-0.3, -0.25) is 9.48 Å². The second-order valence-electron chi connectivity index (χ2n) is 4.62. The summed E-state index contributed by atoms with van der Waals surface area (Å²) in [5.74, 6) is 0.729. The fraction of sp³-hybridized carbons (Fsp3) is 0.357. The van der Waals surface area contributed by atoms with Gasteiger partial charge in [-0.05, 0) is 18.6 Å². The largest absolute Gasteiger partial charge is 0.325 e. The van der Waals surface area contributed by atoms with Crippen molar-refractivity contribution in [3.63, 3.8) is 0 Å². The van der Waals surface area contributed by atoms with Crippen molar-refractivity contribution in [1.29, 1.82) is 0 Å². The summed E-state index contributed by atoms with van der Waals surface area (Å²) in [5, 5.41) is 10.1. The van der Waals surface area contributed by atoms with Crippen LogP contribution in [0.15, 0.2) is 30.6 Å². The zero-order valence-corrected chi connectivity index (χ0v) is 11.8. The summed E-state index contributed by atoms with van der Waals surface area (Å²) in [6, 6.07) is 7.71. The number of rotatable bonds is 6. The molecule has 20 heavy (non-hydrogen) atoms. The summed E-state index contributed by atoms with van der Waals surface area (Å²) in [7, 11) is 1.83. The first-order valence-corrected chi connectivity index (χ1v) is 6.56. The van der Waals surface area contributed by atoms with Crippen LogP contribution in [0.2, 0.25) is 0 Å². The fourth-order valence-electron chi connectivity index (χ4n) is 1.81. The molecule has 6 nitrogen and oxygen atoms in total. The highest BCUT2D eigenvalue weighted by molar-refractivity contribution is 5.92. The standard InChI is InChI=1S/C14H19N5O/c1-11-5-3-4-6-12(11)17-14(20)9-15-8-7-13-16-10-19(2)18-13/h3-6,10,15H,7-9H2,1-2H3,(H,17,20). The first-order valence-electron chi connectivity index (χ1n) is 6.56. The van der Waals surface area contributed by atoms with Crippen LogP contribution < -0.4 is 10.6 Å². The maximum Gasteiger partial charge on any atom is 0.238 e. The van der Waals surface area contributed by atoms with E-state index in [2.05, 4.69) is 20.7 Å². The molecule has 0 fully saturated rings. The Morgan fingerprint density at radius 3 is 2.85 bits per heavy atom. The molecule has 0 saturated heterocycles.